The number of pyridine rings is 1. The molecule has 0 bridgehead atoms. The van der Waals surface area contributed by atoms with Crippen LogP contribution in [-0.4, -0.2) is 53.8 Å². The smallest absolute Gasteiger partial charge is 0.244 e. The van der Waals surface area contributed by atoms with Crippen LogP contribution in [0.2, 0.25) is 0 Å². The minimum atomic E-state index is -0.182. The second-order valence-electron chi connectivity index (χ2n) is 7.94. The van der Waals surface area contributed by atoms with E-state index in [0.717, 1.165) is 35.1 Å². The maximum Gasteiger partial charge on any atom is 0.244 e. The van der Waals surface area contributed by atoms with E-state index < -0.39 is 0 Å². The normalized spacial score (nSPS) is 20.8. The number of ether oxygens (including phenoxy) is 1. The zero-order valence-corrected chi connectivity index (χ0v) is 17.0. The summed E-state index contributed by atoms with van der Waals surface area (Å²) < 4.78 is 9.08. The van der Waals surface area contributed by atoms with Crippen molar-refractivity contribution >= 4 is 23.0 Å². The average Bonchev–Trinajstić information content (AvgIpc) is 3.31. The molecule has 0 atom stereocenters. The van der Waals surface area contributed by atoms with Crippen molar-refractivity contribution in [3.05, 3.63) is 36.9 Å². The summed E-state index contributed by atoms with van der Waals surface area (Å²) in [6, 6.07) is 6.07. The van der Waals surface area contributed by atoms with Crippen LogP contribution >= 0.6 is 0 Å². The fraction of sp³-hybridized carbons (Fsp3) is 0.350. The van der Waals surface area contributed by atoms with Crippen molar-refractivity contribution in [3.63, 3.8) is 0 Å². The number of aromatic nitrogens is 6. The third kappa shape index (κ3) is 3.10. The van der Waals surface area contributed by atoms with Crippen molar-refractivity contribution in [2.45, 2.75) is 38.3 Å². The van der Waals surface area contributed by atoms with E-state index in [-0.39, 0.29) is 17.5 Å². The van der Waals surface area contributed by atoms with E-state index in [1.807, 2.05) is 37.5 Å². The van der Waals surface area contributed by atoms with E-state index in [1.165, 1.54) is 13.3 Å². The molecule has 30 heavy (non-hydrogen) atoms. The summed E-state index contributed by atoms with van der Waals surface area (Å²) in [6.07, 6.45) is 6.94. The van der Waals surface area contributed by atoms with E-state index in [4.69, 9.17) is 4.74 Å². The molecule has 1 amide bonds. The minimum Gasteiger partial charge on any atom is -0.479 e. The Morgan fingerprint density at radius 3 is 2.87 bits per heavy atom. The average molecular weight is 406 g/mol. The summed E-state index contributed by atoms with van der Waals surface area (Å²) in [5, 5.41) is 15.2. The molecule has 1 fully saturated rings. The summed E-state index contributed by atoms with van der Waals surface area (Å²) >= 11 is 0. The third-order valence-electron chi connectivity index (χ3n) is 5.46. The molecule has 1 aliphatic carbocycles. The van der Waals surface area contributed by atoms with E-state index in [2.05, 4.69) is 30.8 Å². The largest absolute Gasteiger partial charge is 0.479 e. The van der Waals surface area contributed by atoms with Crippen LogP contribution in [0.4, 0.5) is 5.95 Å². The highest BCUT2D eigenvalue weighted by Crippen LogP contribution is 2.35. The third-order valence-corrected chi connectivity index (χ3v) is 5.46. The summed E-state index contributed by atoms with van der Waals surface area (Å²) in [4.78, 5) is 20.1. The van der Waals surface area contributed by atoms with Gasteiger partial charge in [0.25, 0.3) is 0 Å². The Morgan fingerprint density at radius 1 is 1.27 bits per heavy atom. The Kier molecular flexibility index (Phi) is 4.09. The molecule has 10 nitrogen and oxygen atoms in total. The standard InChI is InChI=1S/C20H22N8O2/c1-12(29)25-20(2)8-14(9-20)23-19-24-18(30-3)17-15(6-7-27(17)26-19)13-4-5-16-21-11-22-28(16)10-13/h4-7,10-11,14H,8-9H2,1-3H3,(H,23,26)(H,25,29). The number of nitrogens with one attached hydrogen (secondary N) is 2. The van der Waals surface area contributed by atoms with Gasteiger partial charge < -0.3 is 15.4 Å². The molecule has 1 aliphatic rings. The molecule has 4 heterocycles. The lowest BCUT2D eigenvalue weighted by Gasteiger charge is -2.45. The molecule has 0 radical (unpaired) electrons. The maximum absolute atomic E-state index is 11.3. The van der Waals surface area contributed by atoms with Gasteiger partial charge in [-0.3, -0.25) is 4.79 Å². The lowest BCUT2D eigenvalue weighted by atomic mass is 9.74. The van der Waals surface area contributed by atoms with Gasteiger partial charge in [-0.1, -0.05) is 0 Å². The predicted octanol–water partition coefficient (Wildman–Crippen LogP) is 1.92. The van der Waals surface area contributed by atoms with Gasteiger partial charge in [0.15, 0.2) is 5.65 Å². The molecular formula is C20H22N8O2. The van der Waals surface area contributed by atoms with Crippen molar-refractivity contribution in [1.82, 2.24) is 34.5 Å². The molecule has 4 aromatic heterocycles. The van der Waals surface area contributed by atoms with Gasteiger partial charge >= 0.3 is 0 Å². The van der Waals surface area contributed by atoms with E-state index >= 15 is 0 Å². The SMILES string of the molecule is COc1nc(NC2CC(C)(NC(C)=O)C2)nn2ccc(-c3ccc4ncnn4c3)c12. The lowest BCUT2D eigenvalue weighted by molar-refractivity contribution is -0.121. The predicted molar refractivity (Wildman–Crippen MR) is 110 cm³/mol. The molecule has 0 aliphatic heterocycles. The van der Waals surface area contributed by atoms with Gasteiger partial charge in [-0.15, -0.1) is 5.10 Å². The lowest BCUT2D eigenvalue weighted by Crippen LogP contribution is -2.59. The summed E-state index contributed by atoms with van der Waals surface area (Å²) in [5.41, 5.74) is 3.28. The van der Waals surface area contributed by atoms with Gasteiger partial charge in [0.2, 0.25) is 17.7 Å². The van der Waals surface area contributed by atoms with Gasteiger partial charge in [-0.25, -0.2) is 14.0 Å². The number of hydrogen-bond donors (Lipinski definition) is 2. The highest BCUT2D eigenvalue weighted by atomic mass is 16.5. The van der Waals surface area contributed by atoms with Crippen molar-refractivity contribution in [2.24, 2.45) is 0 Å². The topological polar surface area (TPSA) is 111 Å². The molecular weight excluding hydrogens is 384 g/mol. The summed E-state index contributed by atoms with van der Waals surface area (Å²) in [6.45, 7) is 3.58. The van der Waals surface area contributed by atoms with Gasteiger partial charge in [0.1, 0.15) is 11.8 Å². The Balaban J connectivity index is 1.44. The fourth-order valence-corrected chi connectivity index (χ4v) is 4.24. The number of carbonyl (C=O) groups excluding carboxylic acids is 1. The van der Waals surface area contributed by atoms with Crippen molar-refractivity contribution in [2.75, 3.05) is 12.4 Å². The summed E-state index contributed by atoms with van der Waals surface area (Å²) in [5.74, 6) is 0.956. The highest BCUT2D eigenvalue weighted by Gasteiger charge is 2.41. The quantitative estimate of drug-likeness (QED) is 0.521. The Bertz CT molecular complexity index is 1250. The van der Waals surface area contributed by atoms with Crippen LogP contribution in [0.3, 0.4) is 0 Å². The molecule has 0 spiro atoms. The Labute approximate surface area is 172 Å². The maximum atomic E-state index is 11.3. The molecule has 1 saturated carbocycles. The van der Waals surface area contributed by atoms with Crippen LogP contribution in [0.1, 0.15) is 26.7 Å². The number of carbonyl (C=O) groups is 1. The van der Waals surface area contributed by atoms with E-state index in [1.54, 1.807) is 16.1 Å². The Hall–Kier alpha value is -3.69. The molecule has 2 N–H and O–H groups in total. The first kappa shape index (κ1) is 18.3. The van der Waals surface area contributed by atoms with Crippen LogP contribution in [0.5, 0.6) is 5.88 Å². The van der Waals surface area contributed by atoms with E-state index in [9.17, 15) is 4.79 Å². The fourth-order valence-electron chi connectivity index (χ4n) is 4.24. The molecule has 0 unspecified atom stereocenters. The number of amides is 1. The van der Waals surface area contributed by atoms with Crippen LogP contribution in [-0.2, 0) is 4.79 Å². The van der Waals surface area contributed by atoms with Crippen molar-refractivity contribution in [3.8, 4) is 17.0 Å². The second-order valence-corrected chi connectivity index (χ2v) is 7.94. The second kappa shape index (κ2) is 6.68. The van der Waals surface area contributed by atoms with Gasteiger partial charge in [0, 0.05) is 42.0 Å². The molecule has 10 heteroatoms. The first-order valence-electron chi connectivity index (χ1n) is 9.72. The van der Waals surface area contributed by atoms with Crippen LogP contribution in [0.15, 0.2) is 36.9 Å². The number of anilines is 1. The van der Waals surface area contributed by atoms with Gasteiger partial charge in [-0.2, -0.15) is 10.1 Å². The zero-order valence-electron chi connectivity index (χ0n) is 17.0. The molecule has 154 valence electrons. The number of nitrogens with zero attached hydrogens (tertiary/aromatic N) is 6. The first-order valence-corrected chi connectivity index (χ1v) is 9.72. The highest BCUT2D eigenvalue weighted by molar-refractivity contribution is 5.84. The summed E-state index contributed by atoms with van der Waals surface area (Å²) in [7, 11) is 1.60. The van der Waals surface area contributed by atoms with Crippen LogP contribution in [0, 0.1) is 0 Å². The molecule has 4 aromatic rings. The Morgan fingerprint density at radius 2 is 2.10 bits per heavy atom. The number of methoxy groups -OCH3 is 1. The molecule has 0 saturated heterocycles. The molecule has 5 rings (SSSR count). The number of fused-ring (bicyclic) bond motifs is 2. The zero-order chi connectivity index (χ0) is 20.9. The number of hydrogen-bond acceptors (Lipinski definition) is 7. The van der Waals surface area contributed by atoms with Crippen molar-refractivity contribution < 1.29 is 9.53 Å². The van der Waals surface area contributed by atoms with Crippen molar-refractivity contribution in [1.29, 1.82) is 0 Å². The van der Waals surface area contributed by atoms with Gasteiger partial charge in [-0.05, 0) is 38.0 Å². The van der Waals surface area contributed by atoms with E-state index in [0.29, 0.717) is 11.8 Å². The number of rotatable bonds is 5. The van der Waals surface area contributed by atoms with Crippen LogP contribution < -0.4 is 15.4 Å². The minimum absolute atomic E-state index is 0.0146. The first-order chi connectivity index (χ1) is 14.4. The monoisotopic (exact) mass is 406 g/mol. The molecule has 0 aromatic carbocycles. The van der Waals surface area contributed by atoms with Gasteiger partial charge in [0.05, 0.1) is 7.11 Å². The van der Waals surface area contributed by atoms with Crippen LogP contribution in [0.25, 0.3) is 22.3 Å².